The number of hydrogen-bond acceptors (Lipinski definition) is 7. The van der Waals surface area contributed by atoms with Crippen LogP contribution in [0.25, 0.3) is 10.9 Å². The molecule has 0 saturated carbocycles. The second kappa shape index (κ2) is 9.92. The second-order valence-corrected chi connectivity index (χ2v) is 7.21. The quantitative estimate of drug-likeness (QED) is 0.237. The van der Waals surface area contributed by atoms with Crippen molar-refractivity contribution in [2.45, 2.75) is 10.9 Å². The number of ether oxygens (including phenoxy) is 1. The molecule has 9 nitrogen and oxygen atoms in total. The van der Waals surface area contributed by atoms with Gasteiger partial charge < -0.3 is 10.1 Å². The van der Waals surface area contributed by atoms with Gasteiger partial charge in [0.2, 0.25) is 5.91 Å². The lowest BCUT2D eigenvalue weighted by atomic mass is 10.1. The predicted octanol–water partition coefficient (Wildman–Crippen LogP) is 3.80. The lowest BCUT2D eigenvalue weighted by molar-refractivity contribution is -0.387. The molecule has 0 unspecified atom stereocenters. The molecule has 10 heteroatoms. The first-order valence-corrected chi connectivity index (χ1v) is 10.0. The number of fused-ring (bicyclic) bond motifs is 1. The van der Waals surface area contributed by atoms with Gasteiger partial charge in [0.25, 0.3) is 5.69 Å². The Hall–Kier alpha value is -3.63. The molecular weight excluding hydrogens is 420 g/mol. The summed E-state index contributed by atoms with van der Waals surface area (Å²) in [5.41, 5.74) is 1.01. The monoisotopic (exact) mass is 440 g/mol. The molecule has 160 valence electrons. The number of hydrogen-bond donors (Lipinski definition) is 2. The van der Waals surface area contributed by atoms with Gasteiger partial charge in [0.15, 0.2) is 0 Å². The van der Waals surface area contributed by atoms with Crippen molar-refractivity contribution < 1.29 is 19.2 Å². The summed E-state index contributed by atoms with van der Waals surface area (Å²) in [7, 11) is 1.49. The maximum absolute atomic E-state index is 12.7. The van der Waals surface area contributed by atoms with Gasteiger partial charge in [0.1, 0.15) is 17.5 Å². The van der Waals surface area contributed by atoms with Gasteiger partial charge in [-0.2, -0.15) is 0 Å². The molecular formula is C21H20N4O5S. The minimum atomic E-state index is -0.895. The maximum Gasteiger partial charge on any atom is 0.418 e. The van der Waals surface area contributed by atoms with E-state index in [0.29, 0.717) is 21.4 Å². The summed E-state index contributed by atoms with van der Waals surface area (Å²) in [5.74, 6) is -0.367. The van der Waals surface area contributed by atoms with E-state index in [9.17, 15) is 19.7 Å². The van der Waals surface area contributed by atoms with Crippen molar-refractivity contribution in [1.29, 1.82) is 0 Å². The number of nitrogens with zero attached hydrogens (tertiary/aromatic N) is 2. The Labute approximate surface area is 182 Å². The highest BCUT2D eigenvalue weighted by Gasteiger charge is 2.26. The Bertz CT molecular complexity index is 1140. The van der Waals surface area contributed by atoms with Crippen molar-refractivity contribution >= 4 is 40.5 Å². The van der Waals surface area contributed by atoms with Gasteiger partial charge >= 0.3 is 6.09 Å². The maximum atomic E-state index is 12.7. The summed E-state index contributed by atoms with van der Waals surface area (Å²) in [6.45, 7) is 3.58. The summed E-state index contributed by atoms with van der Waals surface area (Å²) in [6, 6.07) is 12.4. The van der Waals surface area contributed by atoms with Crippen LogP contribution in [0.4, 0.5) is 10.5 Å². The third-order valence-corrected chi connectivity index (χ3v) is 5.35. The average Bonchev–Trinajstić information content (AvgIpc) is 3.17. The molecule has 0 aliphatic carbocycles. The molecule has 1 heterocycles. The number of likely N-dealkylation sites (N-methyl/N-ethyl adjacent to an activating group) is 1. The van der Waals surface area contributed by atoms with Crippen LogP contribution in [0.2, 0.25) is 0 Å². The fourth-order valence-electron chi connectivity index (χ4n) is 3.01. The fourth-order valence-corrected chi connectivity index (χ4v) is 3.88. The Morgan fingerprint density at radius 3 is 2.68 bits per heavy atom. The molecule has 2 N–H and O–H groups in total. The summed E-state index contributed by atoms with van der Waals surface area (Å²) < 4.78 is 9.47. The molecule has 1 atom stereocenters. The molecule has 0 aliphatic heterocycles. The van der Waals surface area contributed by atoms with Crippen molar-refractivity contribution in [2.24, 2.45) is 0 Å². The molecule has 0 radical (unpaired) electrons. The van der Waals surface area contributed by atoms with E-state index in [2.05, 4.69) is 16.6 Å². The first kappa shape index (κ1) is 22.1. The van der Waals surface area contributed by atoms with Gasteiger partial charge in [0, 0.05) is 30.3 Å². The average molecular weight is 440 g/mol. The molecule has 2 aromatic carbocycles. The number of nitro benzene ring substituents is 1. The van der Waals surface area contributed by atoms with Gasteiger partial charge in [-0.05, 0) is 24.1 Å². The van der Waals surface area contributed by atoms with Crippen LogP contribution in [0.15, 0.2) is 72.3 Å². The van der Waals surface area contributed by atoms with Crippen LogP contribution in [-0.2, 0) is 9.53 Å². The second-order valence-electron chi connectivity index (χ2n) is 6.33. The van der Waals surface area contributed by atoms with Crippen LogP contribution in [0.3, 0.4) is 0 Å². The van der Waals surface area contributed by atoms with Crippen molar-refractivity contribution in [3.8, 4) is 0 Å². The largest absolute Gasteiger partial charge is 0.445 e. The van der Waals surface area contributed by atoms with Crippen LogP contribution in [0.5, 0.6) is 0 Å². The Morgan fingerprint density at radius 1 is 1.26 bits per heavy atom. The number of aromatic nitrogens is 1. The van der Waals surface area contributed by atoms with Crippen molar-refractivity contribution in [3.05, 3.63) is 83.1 Å². The molecule has 0 saturated heterocycles. The Balaban J connectivity index is 2.00. The highest BCUT2D eigenvalue weighted by Crippen LogP contribution is 2.32. The zero-order valence-electron chi connectivity index (χ0n) is 16.6. The fraction of sp³-hybridized carbons (Fsp3) is 0.143. The number of rotatable bonds is 8. The number of nitro groups is 1. The molecule has 0 bridgehead atoms. The number of carbonyl (C=O) groups excluding carboxylic acids is 2. The number of benzene rings is 2. The minimum Gasteiger partial charge on any atom is -0.445 e. The molecule has 0 spiro atoms. The topological polar surface area (TPSA) is 116 Å². The van der Waals surface area contributed by atoms with Crippen LogP contribution in [0.1, 0.15) is 11.6 Å². The number of para-hydroxylation sites is 2. The molecule has 3 aromatic rings. The zero-order chi connectivity index (χ0) is 22.4. The lowest BCUT2D eigenvalue weighted by Crippen LogP contribution is -2.32. The molecule has 1 aromatic heterocycles. The number of amides is 1. The van der Waals surface area contributed by atoms with Crippen molar-refractivity contribution in [1.82, 2.24) is 14.6 Å². The third kappa shape index (κ3) is 4.76. The van der Waals surface area contributed by atoms with Crippen molar-refractivity contribution in [3.63, 3.8) is 0 Å². The SMILES string of the molecule is C=CCOC(=O)n1cc([C@@H](NSc2ccccc2[N+](=O)[O-])C(=O)NC)c2ccccc21. The summed E-state index contributed by atoms with van der Waals surface area (Å²) in [5, 5.41) is 14.5. The minimum absolute atomic E-state index is 0.0469. The standard InChI is InChI=1S/C21H20N4O5S/c1-3-12-30-21(27)24-13-15(14-8-4-5-9-16(14)24)19(20(26)22-2)23-31-18-11-7-6-10-17(18)25(28)29/h3-11,13,19,23H,1,12H2,2H3,(H,22,26)/t19-/m1/s1. The van der Waals surface area contributed by atoms with Crippen LogP contribution in [0, 0.1) is 10.1 Å². The Morgan fingerprint density at radius 2 is 1.97 bits per heavy atom. The van der Waals surface area contributed by atoms with Crippen molar-refractivity contribution in [2.75, 3.05) is 13.7 Å². The molecule has 0 aliphatic rings. The smallest absolute Gasteiger partial charge is 0.418 e. The Kier molecular flexibility index (Phi) is 7.06. The molecule has 1 amide bonds. The van der Waals surface area contributed by atoms with Crippen LogP contribution < -0.4 is 10.0 Å². The van der Waals surface area contributed by atoms with Gasteiger partial charge in [-0.3, -0.25) is 19.5 Å². The highest BCUT2D eigenvalue weighted by atomic mass is 32.2. The van der Waals surface area contributed by atoms with E-state index in [1.54, 1.807) is 42.5 Å². The lowest BCUT2D eigenvalue weighted by Gasteiger charge is -2.16. The van der Waals surface area contributed by atoms with Gasteiger partial charge in [-0.25, -0.2) is 9.52 Å². The van der Waals surface area contributed by atoms with Crippen LogP contribution >= 0.6 is 11.9 Å². The van der Waals surface area contributed by atoms with Gasteiger partial charge in [-0.15, -0.1) is 0 Å². The third-order valence-electron chi connectivity index (χ3n) is 4.43. The van der Waals surface area contributed by atoms with Gasteiger partial charge in [0.05, 0.1) is 10.4 Å². The number of carbonyl (C=O) groups is 2. The summed E-state index contributed by atoms with van der Waals surface area (Å²) in [4.78, 5) is 36.3. The molecule has 0 fully saturated rings. The van der Waals surface area contributed by atoms with E-state index in [1.165, 1.54) is 30.0 Å². The van der Waals surface area contributed by atoms with E-state index in [-0.39, 0.29) is 18.2 Å². The van der Waals surface area contributed by atoms with Gasteiger partial charge in [-0.1, -0.05) is 43.0 Å². The molecule has 3 rings (SSSR count). The number of nitrogens with one attached hydrogen (secondary N) is 2. The summed E-state index contributed by atoms with van der Waals surface area (Å²) >= 11 is 0.971. The molecule has 31 heavy (non-hydrogen) atoms. The van der Waals surface area contributed by atoms with E-state index < -0.39 is 17.1 Å². The van der Waals surface area contributed by atoms with E-state index >= 15 is 0 Å². The highest BCUT2D eigenvalue weighted by molar-refractivity contribution is 7.97. The normalized spacial score (nSPS) is 11.6. The first-order chi connectivity index (χ1) is 15.0. The van der Waals surface area contributed by atoms with E-state index in [0.717, 1.165) is 11.9 Å². The zero-order valence-corrected chi connectivity index (χ0v) is 17.4. The van der Waals surface area contributed by atoms with E-state index in [4.69, 9.17) is 4.74 Å². The first-order valence-electron chi connectivity index (χ1n) is 9.23. The van der Waals surface area contributed by atoms with Crippen LogP contribution in [-0.4, -0.2) is 35.1 Å². The predicted molar refractivity (Wildman–Crippen MR) is 118 cm³/mol. The van der Waals surface area contributed by atoms with E-state index in [1.807, 2.05) is 0 Å². The summed E-state index contributed by atoms with van der Waals surface area (Å²) in [6.07, 6.45) is 2.38.